The van der Waals surface area contributed by atoms with E-state index in [4.69, 9.17) is 0 Å². The van der Waals surface area contributed by atoms with Crippen LogP contribution in [0.4, 0.5) is 0 Å². The number of hydrogen-bond donors (Lipinski definition) is 0. The quantitative estimate of drug-likeness (QED) is 0.134. The summed E-state index contributed by atoms with van der Waals surface area (Å²) >= 11 is 0. The third-order valence-corrected chi connectivity index (χ3v) is 19.9. The second-order valence-corrected chi connectivity index (χ2v) is 25.5. The van der Waals surface area contributed by atoms with E-state index in [0.29, 0.717) is 0 Å². The Morgan fingerprint density at radius 1 is 0.242 bits per heavy atom. The number of para-hydroxylation sites is 2. The first-order chi connectivity index (χ1) is 44.7. The lowest BCUT2D eigenvalue weighted by Crippen LogP contribution is -2.26. The Hall–Kier alpha value is -11.3. The first-order valence-corrected chi connectivity index (χ1v) is 31.9. The van der Waals surface area contributed by atoms with Crippen LogP contribution in [0.3, 0.4) is 0 Å². The zero-order valence-electron chi connectivity index (χ0n) is 51.3. The van der Waals surface area contributed by atoms with Gasteiger partial charge in [0.15, 0.2) is 0 Å². The van der Waals surface area contributed by atoms with Crippen LogP contribution in [0.25, 0.3) is 145 Å². The lowest BCUT2D eigenvalue weighted by atomic mass is 9.70. The van der Waals surface area contributed by atoms with Gasteiger partial charge in [-0.2, -0.15) is 0 Å². The van der Waals surface area contributed by atoms with Crippen molar-refractivity contribution < 1.29 is 0 Å². The Morgan fingerprint density at radius 3 is 1.03 bits per heavy atom. The molecule has 14 aromatic carbocycles. The van der Waals surface area contributed by atoms with Crippen molar-refractivity contribution >= 4 is 89.5 Å². The average molecular weight is 1160 g/mol. The summed E-state index contributed by atoms with van der Waals surface area (Å²) in [5.74, 6) is 0. The molecule has 1 spiro atoms. The summed E-state index contributed by atoms with van der Waals surface area (Å²) in [6, 6.07) is 105. The zero-order chi connectivity index (χ0) is 60.6. The van der Waals surface area contributed by atoms with Crippen molar-refractivity contribution in [3.8, 4) is 55.9 Å². The number of aryl methyl sites for hydroxylation is 4. The second-order valence-electron chi connectivity index (χ2n) is 25.5. The van der Waals surface area contributed by atoms with Crippen LogP contribution >= 0.6 is 0 Å². The lowest BCUT2D eigenvalue weighted by molar-refractivity contribution is 0.793. The maximum Gasteiger partial charge on any atom is 0.0725 e. The largest absolute Gasteiger partial charge is 0.309 e. The Bertz CT molecular complexity index is 5430. The predicted molar refractivity (Wildman–Crippen MR) is 387 cm³/mol. The number of nitrogens with zero attached hydrogens (tertiary/aromatic N) is 2. The first kappa shape index (κ1) is 52.8. The van der Waals surface area contributed by atoms with E-state index < -0.39 is 5.41 Å². The molecule has 2 aliphatic rings. The molecule has 2 aromatic heterocycles. The molecule has 18 rings (SSSR count). The Morgan fingerprint density at radius 2 is 0.593 bits per heavy atom. The summed E-state index contributed by atoms with van der Waals surface area (Å²) in [5.41, 5.74) is 31.9. The SMILES string of the molecule is Cc1cc(C)cc(-n2c3ccccc3c3cc(-c4ccc(/C=C/c5ccc6c(c5)C5(c7ccccc7-c7ccccc75)c5cc(/C=C/c7ccc(-c8ccc9c(c8)c8ccccc8n9-c8cc(C)cc(C)c8)c8ccccc78)ccc5-6)c5ccccc45)ccc32)c1. The number of hydrogen-bond acceptors (Lipinski definition) is 0. The normalized spacial score (nSPS) is 13.1. The number of fused-ring (bicyclic) bond motifs is 18. The minimum atomic E-state index is -0.507. The molecule has 2 aliphatic carbocycles. The molecule has 0 atom stereocenters. The van der Waals surface area contributed by atoms with Gasteiger partial charge in [0, 0.05) is 32.9 Å². The molecule has 91 heavy (non-hydrogen) atoms. The fourth-order valence-corrected chi connectivity index (χ4v) is 16.2. The molecule has 0 fully saturated rings. The monoisotopic (exact) mass is 1160 g/mol. The number of rotatable bonds is 8. The molecule has 0 radical (unpaired) electrons. The molecule has 0 amide bonds. The summed E-state index contributed by atoms with van der Waals surface area (Å²) in [7, 11) is 0. The average Bonchev–Trinajstić information content (AvgIpc) is 1.52. The van der Waals surface area contributed by atoms with Crippen LogP contribution in [-0.4, -0.2) is 9.13 Å². The van der Waals surface area contributed by atoms with Gasteiger partial charge >= 0.3 is 0 Å². The van der Waals surface area contributed by atoms with E-state index in [-0.39, 0.29) is 0 Å². The lowest BCUT2D eigenvalue weighted by Gasteiger charge is -2.30. The summed E-state index contributed by atoms with van der Waals surface area (Å²) < 4.78 is 4.86. The fourth-order valence-electron chi connectivity index (χ4n) is 16.2. The van der Waals surface area contributed by atoms with Crippen molar-refractivity contribution in [2.24, 2.45) is 0 Å². The molecule has 0 saturated heterocycles. The molecule has 2 heterocycles. The molecule has 16 aromatic rings. The minimum absolute atomic E-state index is 0.507. The van der Waals surface area contributed by atoms with Gasteiger partial charge in [-0.15, -0.1) is 0 Å². The van der Waals surface area contributed by atoms with Gasteiger partial charge in [-0.05, 0) is 233 Å². The van der Waals surface area contributed by atoms with Gasteiger partial charge in [0.05, 0.1) is 27.5 Å². The summed E-state index contributed by atoms with van der Waals surface area (Å²) in [6.45, 7) is 8.75. The van der Waals surface area contributed by atoms with Crippen LogP contribution in [-0.2, 0) is 5.41 Å². The van der Waals surface area contributed by atoms with Crippen molar-refractivity contribution in [1.29, 1.82) is 0 Å². The topological polar surface area (TPSA) is 9.86 Å². The standard InChI is InChI=1S/C89H62N2/c1-55-45-56(2)48-65(47-55)90-85-27-15-11-23-77(85)79-53-63(37-43-87(79)90)69-41-35-61(67-17-5-7-19-71(67)69)33-29-59-31-39-75-76-40-32-60(52-84(76)89(83(75)51-59)81-25-13-9-21-73(81)74-22-10-14-26-82(74)89)30-34-62-36-42-70(72-20-8-6-18-68(62)72)64-38-44-88-80(54-64)78-24-12-16-28-86(78)91(88)66-49-57(3)46-58(4)50-66/h5-54H,1-4H3/b33-29+,34-30+. The summed E-state index contributed by atoms with van der Waals surface area (Å²) in [4.78, 5) is 0. The smallest absolute Gasteiger partial charge is 0.0725 e. The summed E-state index contributed by atoms with van der Waals surface area (Å²) in [6.07, 6.45) is 9.30. The molecule has 0 aliphatic heterocycles. The Labute approximate surface area is 530 Å². The highest BCUT2D eigenvalue weighted by atomic mass is 15.0. The number of aromatic nitrogens is 2. The van der Waals surface area contributed by atoms with Gasteiger partial charge in [-0.3, -0.25) is 0 Å². The third-order valence-electron chi connectivity index (χ3n) is 19.9. The molecule has 428 valence electrons. The molecule has 0 saturated carbocycles. The Balaban J connectivity index is 0.704. The van der Waals surface area contributed by atoms with E-state index in [1.54, 1.807) is 0 Å². The van der Waals surface area contributed by atoms with Crippen LogP contribution in [0.2, 0.25) is 0 Å². The van der Waals surface area contributed by atoms with E-state index >= 15 is 0 Å². The molecular formula is C89H62N2. The van der Waals surface area contributed by atoms with Crippen LogP contribution in [0.5, 0.6) is 0 Å². The van der Waals surface area contributed by atoms with E-state index in [2.05, 4.69) is 340 Å². The van der Waals surface area contributed by atoms with Gasteiger partial charge in [0.1, 0.15) is 0 Å². The summed E-state index contributed by atoms with van der Waals surface area (Å²) in [5, 5.41) is 9.97. The van der Waals surface area contributed by atoms with E-state index in [9.17, 15) is 0 Å². The third kappa shape index (κ3) is 8.12. The highest BCUT2D eigenvalue weighted by Gasteiger charge is 2.51. The zero-order valence-corrected chi connectivity index (χ0v) is 51.3. The molecule has 0 unspecified atom stereocenters. The van der Waals surface area contributed by atoms with Crippen LogP contribution in [0, 0.1) is 27.7 Å². The highest BCUT2D eigenvalue weighted by Crippen LogP contribution is 2.63. The molecule has 0 bridgehead atoms. The van der Waals surface area contributed by atoms with Gasteiger partial charge in [0.2, 0.25) is 0 Å². The van der Waals surface area contributed by atoms with Gasteiger partial charge in [0.25, 0.3) is 0 Å². The first-order valence-electron chi connectivity index (χ1n) is 31.9. The second kappa shape index (κ2) is 20.4. The molecule has 0 N–H and O–H groups in total. The van der Waals surface area contributed by atoms with Crippen LogP contribution in [0.1, 0.15) is 66.8 Å². The van der Waals surface area contributed by atoms with Crippen molar-refractivity contribution in [3.05, 3.63) is 346 Å². The van der Waals surface area contributed by atoms with E-state index in [1.807, 2.05) is 0 Å². The molecule has 2 nitrogen and oxygen atoms in total. The fraction of sp³-hybridized carbons (Fsp3) is 0.0562. The van der Waals surface area contributed by atoms with Crippen molar-refractivity contribution in [3.63, 3.8) is 0 Å². The van der Waals surface area contributed by atoms with Gasteiger partial charge in [-0.1, -0.05) is 231 Å². The molecule has 2 heteroatoms. The Kier molecular flexibility index (Phi) is 11.8. The van der Waals surface area contributed by atoms with Gasteiger partial charge in [-0.25, -0.2) is 0 Å². The van der Waals surface area contributed by atoms with Crippen LogP contribution < -0.4 is 0 Å². The predicted octanol–water partition coefficient (Wildman–Crippen LogP) is 23.4. The minimum Gasteiger partial charge on any atom is -0.309 e. The molecular weight excluding hydrogens is 1100 g/mol. The maximum absolute atomic E-state index is 2.48. The van der Waals surface area contributed by atoms with Crippen LogP contribution in [0.15, 0.2) is 279 Å². The number of benzene rings is 14. The maximum atomic E-state index is 2.48. The van der Waals surface area contributed by atoms with Crippen molar-refractivity contribution in [2.75, 3.05) is 0 Å². The highest BCUT2D eigenvalue weighted by molar-refractivity contribution is 6.14. The van der Waals surface area contributed by atoms with Crippen molar-refractivity contribution in [1.82, 2.24) is 9.13 Å². The van der Waals surface area contributed by atoms with E-state index in [1.165, 1.54) is 188 Å². The van der Waals surface area contributed by atoms with Crippen molar-refractivity contribution in [2.45, 2.75) is 33.1 Å². The van der Waals surface area contributed by atoms with E-state index in [0.717, 1.165) is 0 Å². The van der Waals surface area contributed by atoms with Gasteiger partial charge < -0.3 is 9.13 Å².